The highest BCUT2D eigenvalue weighted by atomic mass is 32.2. The number of benzene rings is 1. The number of hydrogen-bond acceptors (Lipinski definition) is 3. The van der Waals surface area contributed by atoms with Gasteiger partial charge in [0, 0.05) is 22.3 Å². The molecule has 0 saturated heterocycles. The lowest BCUT2D eigenvalue weighted by Gasteiger charge is -2.04. The second-order valence-electron chi connectivity index (χ2n) is 3.83. The molecule has 94 valence electrons. The van der Waals surface area contributed by atoms with Gasteiger partial charge in [-0.1, -0.05) is 29.8 Å². The van der Waals surface area contributed by atoms with Crippen molar-refractivity contribution in [2.45, 2.75) is 26.0 Å². The molecule has 1 aromatic carbocycles. The maximum Gasteiger partial charge on any atom is 0.306 e. The summed E-state index contributed by atoms with van der Waals surface area (Å²) in [6.07, 6.45) is 0.228. The summed E-state index contributed by atoms with van der Waals surface area (Å²) in [5.74, 6) is 0.596. The third-order valence-electron chi connectivity index (χ3n) is 2.25. The molecule has 0 N–H and O–H groups in total. The Balaban J connectivity index is 2.37. The number of rotatable bonds is 6. The molecule has 4 heteroatoms. The fourth-order valence-corrected chi connectivity index (χ4v) is 2.58. The molecule has 0 radical (unpaired) electrons. The Morgan fingerprint density at radius 3 is 2.82 bits per heavy atom. The first kappa shape index (κ1) is 13.9. The summed E-state index contributed by atoms with van der Waals surface area (Å²) in [6, 6.07) is 7.93. The molecule has 3 nitrogen and oxygen atoms in total. The van der Waals surface area contributed by atoms with Crippen LogP contribution in [0.1, 0.15) is 24.5 Å². The third kappa shape index (κ3) is 5.63. The van der Waals surface area contributed by atoms with Crippen LogP contribution in [0.3, 0.4) is 0 Å². The van der Waals surface area contributed by atoms with E-state index in [9.17, 15) is 9.00 Å². The van der Waals surface area contributed by atoms with Crippen LogP contribution in [0.25, 0.3) is 0 Å². The van der Waals surface area contributed by atoms with Crippen molar-refractivity contribution in [1.29, 1.82) is 0 Å². The zero-order valence-corrected chi connectivity index (χ0v) is 11.1. The predicted molar refractivity (Wildman–Crippen MR) is 69.1 cm³/mol. The summed E-state index contributed by atoms with van der Waals surface area (Å²) in [6.45, 7) is 4.15. The van der Waals surface area contributed by atoms with E-state index in [1.165, 1.54) is 0 Å². The summed E-state index contributed by atoms with van der Waals surface area (Å²) in [5, 5.41) is 0. The molecule has 1 atom stereocenters. The molecule has 1 unspecified atom stereocenters. The SMILES string of the molecule is CCOC(=O)CCS(=O)Cc1cccc(C)c1. The van der Waals surface area contributed by atoms with E-state index in [1.54, 1.807) is 6.92 Å². The van der Waals surface area contributed by atoms with Gasteiger partial charge in [-0.2, -0.15) is 0 Å². The van der Waals surface area contributed by atoms with Crippen LogP contribution in [0.15, 0.2) is 24.3 Å². The van der Waals surface area contributed by atoms with Gasteiger partial charge in [0.1, 0.15) is 0 Å². The van der Waals surface area contributed by atoms with Gasteiger partial charge in [0.2, 0.25) is 0 Å². The molecule has 1 rings (SSSR count). The summed E-state index contributed by atoms with van der Waals surface area (Å²) < 4.78 is 16.5. The molecule has 0 aliphatic heterocycles. The molecule has 0 spiro atoms. The van der Waals surface area contributed by atoms with Gasteiger partial charge in [-0.15, -0.1) is 0 Å². The van der Waals surface area contributed by atoms with Gasteiger partial charge in [-0.05, 0) is 19.4 Å². The van der Waals surface area contributed by atoms with Gasteiger partial charge in [0.05, 0.1) is 13.0 Å². The van der Waals surface area contributed by atoms with E-state index in [2.05, 4.69) is 0 Å². The first-order chi connectivity index (χ1) is 8.11. The lowest BCUT2D eigenvalue weighted by Crippen LogP contribution is -2.10. The number of ether oxygens (including phenoxy) is 1. The largest absolute Gasteiger partial charge is 0.466 e. The van der Waals surface area contributed by atoms with E-state index in [1.807, 2.05) is 31.2 Å². The predicted octanol–water partition coefficient (Wildman–Crippen LogP) is 2.20. The van der Waals surface area contributed by atoms with Crippen molar-refractivity contribution in [3.8, 4) is 0 Å². The van der Waals surface area contributed by atoms with Crippen LogP contribution >= 0.6 is 0 Å². The highest BCUT2D eigenvalue weighted by molar-refractivity contribution is 7.84. The highest BCUT2D eigenvalue weighted by Gasteiger charge is 2.07. The van der Waals surface area contributed by atoms with E-state index in [0.717, 1.165) is 11.1 Å². The van der Waals surface area contributed by atoms with Gasteiger partial charge in [0.15, 0.2) is 0 Å². The van der Waals surface area contributed by atoms with Crippen molar-refractivity contribution in [2.75, 3.05) is 12.4 Å². The van der Waals surface area contributed by atoms with E-state index in [0.29, 0.717) is 18.1 Å². The summed E-state index contributed by atoms with van der Waals surface area (Å²) in [5.41, 5.74) is 2.21. The first-order valence-corrected chi connectivity index (χ1v) is 7.16. The van der Waals surface area contributed by atoms with Crippen LogP contribution in [0.5, 0.6) is 0 Å². The van der Waals surface area contributed by atoms with E-state index in [-0.39, 0.29) is 12.4 Å². The molecule has 0 bridgehead atoms. The van der Waals surface area contributed by atoms with Crippen LogP contribution in [0, 0.1) is 6.92 Å². The maximum absolute atomic E-state index is 11.7. The fraction of sp³-hybridized carbons (Fsp3) is 0.462. The molecule has 0 aromatic heterocycles. The Morgan fingerprint density at radius 2 is 2.18 bits per heavy atom. The van der Waals surface area contributed by atoms with E-state index < -0.39 is 10.8 Å². The number of esters is 1. The molecule has 0 aliphatic carbocycles. The minimum Gasteiger partial charge on any atom is -0.466 e. The average molecular weight is 254 g/mol. The van der Waals surface area contributed by atoms with Crippen LogP contribution in [0.4, 0.5) is 0 Å². The number of carbonyl (C=O) groups excluding carboxylic acids is 1. The zero-order chi connectivity index (χ0) is 12.7. The van der Waals surface area contributed by atoms with Crippen molar-refractivity contribution < 1.29 is 13.7 Å². The van der Waals surface area contributed by atoms with Crippen LogP contribution in [-0.4, -0.2) is 22.5 Å². The Hall–Kier alpha value is -1.16. The molecule has 0 saturated carbocycles. The second-order valence-corrected chi connectivity index (χ2v) is 5.41. The molecular weight excluding hydrogens is 236 g/mol. The number of carbonyl (C=O) groups is 1. The minimum atomic E-state index is -1.00. The van der Waals surface area contributed by atoms with Gasteiger partial charge in [-0.25, -0.2) is 0 Å². The van der Waals surface area contributed by atoms with Gasteiger partial charge in [0.25, 0.3) is 0 Å². The van der Waals surface area contributed by atoms with Crippen LogP contribution in [-0.2, 0) is 26.1 Å². The van der Waals surface area contributed by atoms with Gasteiger partial charge >= 0.3 is 5.97 Å². The summed E-state index contributed by atoms with van der Waals surface area (Å²) in [4.78, 5) is 11.1. The van der Waals surface area contributed by atoms with Gasteiger partial charge in [-0.3, -0.25) is 9.00 Å². The smallest absolute Gasteiger partial charge is 0.306 e. The zero-order valence-electron chi connectivity index (χ0n) is 10.3. The second kappa shape index (κ2) is 7.22. The highest BCUT2D eigenvalue weighted by Crippen LogP contribution is 2.07. The normalized spacial score (nSPS) is 12.1. The van der Waals surface area contributed by atoms with Crippen molar-refractivity contribution in [3.05, 3.63) is 35.4 Å². The standard InChI is InChI=1S/C13H18O3S/c1-3-16-13(14)7-8-17(15)10-12-6-4-5-11(2)9-12/h4-6,9H,3,7-8,10H2,1-2H3. The average Bonchev–Trinajstić information content (AvgIpc) is 2.27. The Labute approximate surface area is 105 Å². The summed E-state index contributed by atoms with van der Waals surface area (Å²) in [7, 11) is -1.00. The molecule has 0 aliphatic rings. The van der Waals surface area contributed by atoms with Crippen molar-refractivity contribution >= 4 is 16.8 Å². The maximum atomic E-state index is 11.7. The molecule has 0 fully saturated rings. The van der Waals surface area contributed by atoms with Gasteiger partial charge < -0.3 is 4.74 Å². The Bertz CT molecular complexity index is 401. The lowest BCUT2D eigenvalue weighted by atomic mass is 10.2. The number of hydrogen-bond donors (Lipinski definition) is 0. The lowest BCUT2D eigenvalue weighted by molar-refractivity contribution is -0.142. The topological polar surface area (TPSA) is 43.4 Å². The first-order valence-electron chi connectivity index (χ1n) is 5.68. The van der Waals surface area contributed by atoms with E-state index in [4.69, 9.17) is 4.74 Å². The van der Waals surface area contributed by atoms with E-state index >= 15 is 0 Å². The molecule has 17 heavy (non-hydrogen) atoms. The minimum absolute atomic E-state index is 0.228. The van der Waals surface area contributed by atoms with Crippen LogP contribution in [0.2, 0.25) is 0 Å². The van der Waals surface area contributed by atoms with Crippen molar-refractivity contribution in [1.82, 2.24) is 0 Å². The molecule has 0 heterocycles. The molecule has 0 amide bonds. The molecule has 1 aromatic rings. The van der Waals surface area contributed by atoms with Crippen molar-refractivity contribution in [3.63, 3.8) is 0 Å². The summed E-state index contributed by atoms with van der Waals surface area (Å²) >= 11 is 0. The van der Waals surface area contributed by atoms with Crippen molar-refractivity contribution in [2.24, 2.45) is 0 Å². The van der Waals surface area contributed by atoms with Crippen LogP contribution < -0.4 is 0 Å². The third-order valence-corrected chi connectivity index (χ3v) is 3.56. The quantitative estimate of drug-likeness (QED) is 0.731. The number of aryl methyl sites for hydroxylation is 1. The molecular formula is C13H18O3S. The monoisotopic (exact) mass is 254 g/mol. The Morgan fingerprint density at radius 1 is 1.41 bits per heavy atom. The Kier molecular flexibility index (Phi) is 5.91. The fourth-order valence-electron chi connectivity index (χ4n) is 1.49.